The van der Waals surface area contributed by atoms with Gasteiger partial charge in [0, 0.05) is 12.0 Å². The Morgan fingerprint density at radius 1 is 1.09 bits per heavy atom. The third-order valence-corrected chi connectivity index (χ3v) is 5.51. The molecule has 0 saturated carbocycles. The van der Waals surface area contributed by atoms with Gasteiger partial charge in [-0.05, 0) is 50.2 Å². The van der Waals surface area contributed by atoms with Gasteiger partial charge in [0.05, 0.1) is 5.56 Å². The van der Waals surface area contributed by atoms with Crippen LogP contribution in [0, 0.1) is 11.6 Å². The van der Waals surface area contributed by atoms with Gasteiger partial charge in [-0.25, -0.2) is 8.78 Å². The van der Waals surface area contributed by atoms with Gasteiger partial charge in [-0.1, -0.05) is 48.5 Å². The lowest BCUT2D eigenvalue weighted by molar-refractivity contribution is -0.159. The van der Waals surface area contributed by atoms with Crippen molar-refractivity contribution in [2.45, 2.75) is 31.6 Å². The number of rotatable bonds is 8. The zero-order chi connectivity index (χ0) is 24.1. The van der Waals surface area contributed by atoms with Crippen LogP contribution in [0.4, 0.5) is 8.78 Å². The summed E-state index contributed by atoms with van der Waals surface area (Å²) >= 11 is 0. The molecule has 0 bridgehead atoms. The topological polar surface area (TPSA) is 77.1 Å². The van der Waals surface area contributed by atoms with Crippen LogP contribution in [0.2, 0.25) is 0 Å². The molecule has 6 nitrogen and oxygen atoms in total. The molecule has 3 aromatic rings. The molecule has 4 rings (SSSR count). The van der Waals surface area contributed by atoms with Crippen molar-refractivity contribution in [2.24, 2.45) is 10.8 Å². The number of carbonyl (C=O) groups is 1. The van der Waals surface area contributed by atoms with Crippen molar-refractivity contribution in [3.63, 3.8) is 0 Å². The lowest BCUT2D eigenvalue weighted by Crippen LogP contribution is -2.49. The smallest absolute Gasteiger partial charge is 0.287 e. The number of para-hydroxylation sites is 1. The summed E-state index contributed by atoms with van der Waals surface area (Å²) in [6.45, 7) is 1.93. The van der Waals surface area contributed by atoms with Crippen LogP contribution in [0.15, 0.2) is 84.0 Å². The van der Waals surface area contributed by atoms with E-state index in [0.29, 0.717) is 24.3 Å². The fourth-order valence-electron chi connectivity index (χ4n) is 3.84. The maximum Gasteiger partial charge on any atom is 0.287 e. The van der Waals surface area contributed by atoms with E-state index in [-0.39, 0.29) is 17.9 Å². The third kappa shape index (κ3) is 4.63. The number of hydrogen-bond donors (Lipinski definition) is 1. The molecule has 2 N–H and O–H groups in total. The van der Waals surface area contributed by atoms with Gasteiger partial charge in [0.25, 0.3) is 5.91 Å². The Hall–Kier alpha value is -3.78. The van der Waals surface area contributed by atoms with E-state index in [9.17, 15) is 13.6 Å². The van der Waals surface area contributed by atoms with Crippen molar-refractivity contribution in [3.05, 3.63) is 102 Å². The Bertz CT molecular complexity index is 1170. The molecular weight excluding hydrogens is 440 g/mol. The predicted molar refractivity (Wildman–Crippen MR) is 124 cm³/mol. The van der Waals surface area contributed by atoms with Crippen LogP contribution in [-0.2, 0) is 15.3 Å². The van der Waals surface area contributed by atoms with Gasteiger partial charge in [-0.3, -0.25) is 4.79 Å². The highest BCUT2D eigenvalue weighted by atomic mass is 19.1. The number of hydrazone groups is 1. The summed E-state index contributed by atoms with van der Waals surface area (Å²) in [7, 11) is 0. The summed E-state index contributed by atoms with van der Waals surface area (Å²) < 4.78 is 40.6. The molecule has 8 heteroatoms. The van der Waals surface area contributed by atoms with E-state index in [1.165, 1.54) is 5.01 Å². The van der Waals surface area contributed by atoms with Crippen LogP contribution in [-0.4, -0.2) is 29.5 Å². The minimum absolute atomic E-state index is 0.181. The lowest BCUT2D eigenvalue weighted by atomic mass is 9.96. The van der Waals surface area contributed by atoms with Crippen LogP contribution in [0.25, 0.3) is 0 Å². The number of amides is 1. The first-order chi connectivity index (χ1) is 16.4. The van der Waals surface area contributed by atoms with Crippen molar-refractivity contribution in [1.29, 1.82) is 0 Å². The van der Waals surface area contributed by atoms with Gasteiger partial charge in [0.15, 0.2) is 6.10 Å². The van der Waals surface area contributed by atoms with Crippen LogP contribution in [0.1, 0.15) is 30.9 Å². The van der Waals surface area contributed by atoms with Gasteiger partial charge in [-0.15, -0.1) is 5.10 Å². The molecule has 0 aromatic heterocycles. The maximum atomic E-state index is 14.6. The Labute approximate surface area is 196 Å². The van der Waals surface area contributed by atoms with E-state index in [1.807, 2.05) is 12.1 Å². The van der Waals surface area contributed by atoms with E-state index in [0.717, 1.165) is 18.2 Å². The zero-order valence-corrected chi connectivity index (χ0v) is 18.7. The number of nitrogens with two attached hydrogens (primary N) is 1. The van der Waals surface area contributed by atoms with Crippen molar-refractivity contribution in [2.75, 3.05) is 6.54 Å². The van der Waals surface area contributed by atoms with E-state index in [1.54, 1.807) is 55.5 Å². The van der Waals surface area contributed by atoms with Gasteiger partial charge in [0.1, 0.15) is 17.4 Å². The van der Waals surface area contributed by atoms with E-state index in [2.05, 4.69) is 5.10 Å². The zero-order valence-electron chi connectivity index (χ0n) is 18.7. The van der Waals surface area contributed by atoms with E-state index < -0.39 is 29.4 Å². The van der Waals surface area contributed by atoms with Crippen molar-refractivity contribution < 1.29 is 23.0 Å². The summed E-state index contributed by atoms with van der Waals surface area (Å²) in [5.41, 5.74) is 4.83. The number of carbonyl (C=O) groups excluding carboxylic acids is 1. The molecule has 0 radical (unpaired) electrons. The molecule has 0 saturated heterocycles. The molecule has 176 valence electrons. The Kier molecular flexibility index (Phi) is 6.88. The average molecular weight is 466 g/mol. The standard InChI is InChI=1S/C26H25F2N3O3/c1-18(33-21-11-6-3-7-12-21)25(32)31-26(15-8-16-29,19-9-4-2-5-10-19)34-24(30-31)22-17-20(27)13-14-23(22)28/h2-7,9-14,17-18H,8,15-16,29H2,1H3/t18-,26?/m0/s1. The normalized spacial score (nSPS) is 18.2. The number of hydrogen-bond acceptors (Lipinski definition) is 5. The minimum Gasteiger partial charge on any atom is -0.481 e. The molecule has 0 fully saturated rings. The largest absolute Gasteiger partial charge is 0.481 e. The van der Waals surface area contributed by atoms with Gasteiger partial charge in [-0.2, -0.15) is 5.01 Å². The molecule has 1 aliphatic heterocycles. The van der Waals surface area contributed by atoms with E-state index in [4.69, 9.17) is 15.2 Å². The van der Waals surface area contributed by atoms with E-state index >= 15 is 0 Å². The minimum atomic E-state index is -1.40. The fraction of sp³-hybridized carbons (Fsp3) is 0.231. The molecule has 1 heterocycles. The SMILES string of the molecule is C[C@H](Oc1ccccc1)C(=O)N1N=C(c2cc(F)ccc2F)OC1(CCCN)c1ccccc1. The second kappa shape index (κ2) is 10.0. The Balaban J connectivity index is 1.78. The molecule has 0 spiro atoms. The fourth-order valence-corrected chi connectivity index (χ4v) is 3.84. The van der Waals surface area contributed by atoms with Crippen LogP contribution < -0.4 is 10.5 Å². The van der Waals surface area contributed by atoms with Gasteiger partial charge < -0.3 is 15.2 Å². The first-order valence-electron chi connectivity index (χ1n) is 11.0. The van der Waals surface area contributed by atoms with Gasteiger partial charge in [0.2, 0.25) is 11.6 Å². The van der Waals surface area contributed by atoms with Crippen molar-refractivity contribution in [3.8, 4) is 5.75 Å². The third-order valence-electron chi connectivity index (χ3n) is 5.51. The number of ether oxygens (including phenoxy) is 2. The highest BCUT2D eigenvalue weighted by Crippen LogP contribution is 2.41. The number of benzene rings is 3. The van der Waals surface area contributed by atoms with Crippen LogP contribution in [0.3, 0.4) is 0 Å². The molecule has 2 atom stereocenters. The van der Waals surface area contributed by atoms with Crippen LogP contribution in [0.5, 0.6) is 5.75 Å². The molecule has 34 heavy (non-hydrogen) atoms. The summed E-state index contributed by atoms with van der Waals surface area (Å²) in [5.74, 6) is -1.56. The quantitative estimate of drug-likeness (QED) is 0.530. The van der Waals surface area contributed by atoms with Crippen molar-refractivity contribution >= 4 is 11.8 Å². The molecule has 1 aliphatic rings. The highest BCUT2D eigenvalue weighted by Gasteiger charge is 2.51. The number of halogens is 2. The second-order valence-electron chi connectivity index (χ2n) is 7.90. The summed E-state index contributed by atoms with van der Waals surface area (Å²) in [5, 5.41) is 5.53. The highest BCUT2D eigenvalue weighted by molar-refractivity contribution is 5.97. The van der Waals surface area contributed by atoms with Gasteiger partial charge >= 0.3 is 0 Å². The summed E-state index contributed by atoms with van der Waals surface area (Å²) in [6, 6.07) is 20.9. The first kappa shape index (κ1) is 23.4. The maximum absolute atomic E-state index is 14.6. The predicted octanol–water partition coefficient (Wildman–Crippen LogP) is 4.54. The molecule has 1 unspecified atom stereocenters. The average Bonchev–Trinajstić information content (AvgIpc) is 3.25. The second-order valence-corrected chi connectivity index (χ2v) is 7.90. The van der Waals surface area contributed by atoms with Crippen LogP contribution >= 0.6 is 0 Å². The molecule has 0 aliphatic carbocycles. The lowest BCUT2D eigenvalue weighted by Gasteiger charge is -2.36. The molecular formula is C26H25F2N3O3. The summed E-state index contributed by atoms with van der Waals surface area (Å²) in [6.07, 6.45) is -0.171. The monoisotopic (exact) mass is 465 g/mol. The number of nitrogens with zero attached hydrogens (tertiary/aromatic N) is 2. The molecule has 3 aromatic carbocycles. The first-order valence-corrected chi connectivity index (χ1v) is 11.0. The molecule has 1 amide bonds. The Morgan fingerprint density at radius 2 is 1.76 bits per heavy atom. The Morgan fingerprint density at radius 3 is 2.44 bits per heavy atom. The van der Waals surface area contributed by atoms with Crippen molar-refractivity contribution in [1.82, 2.24) is 5.01 Å². The summed E-state index contributed by atoms with van der Waals surface area (Å²) in [4.78, 5) is 13.6.